The molecule has 1 fully saturated rings. The summed E-state index contributed by atoms with van der Waals surface area (Å²) in [6.45, 7) is 1.91. The maximum atomic E-state index is 12.5. The van der Waals surface area contributed by atoms with Gasteiger partial charge in [-0.15, -0.1) is 0 Å². The van der Waals surface area contributed by atoms with Gasteiger partial charge in [0.1, 0.15) is 10.6 Å². The molecule has 0 spiro atoms. The molecule has 0 radical (unpaired) electrons. The lowest BCUT2D eigenvalue weighted by atomic mass is 10.1. The lowest BCUT2D eigenvalue weighted by molar-refractivity contribution is 0.0514. The van der Waals surface area contributed by atoms with Gasteiger partial charge >= 0.3 is 5.97 Å². The molecular weight excluding hydrogens is 348 g/mol. The molecule has 0 unspecified atom stereocenters. The van der Waals surface area contributed by atoms with E-state index in [9.17, 15) is 13.2 Å². The predicted octanol–water partition coefficient (Wildman–Crippen LogP) is 1.97. The Morgan fingerprint density at radius 1 is 1.36 bits per heavy atom. The molecule has 0 atom stereocenters. The van der Waals surface area contributed by atoms with Gasteiger partial charge < -0.3 is 14.0 Å². The van der Waals surface area contributed by atoms with Gasteiger partial charge in [-0.3, -0.25) is 0 Å². The fourth-order valence-corrected chi connectivity index (χ4v) is 3.74. The lowest BCUT2D eigenvalue weighted by Crippen LogP contribution is -2.26. The Hall–Kier alpha value is -2.39. The monoisotopic (exact) mass is 366 g/mol. The molecule has 25 heavy (non-hydrogen) atoms. The third kappa shape index (κ3) is 3.83. The number of carbonyl (C=O) groups is 1. The fraction of sp³-hybridized carbons (Fsp3) is 0.375. The van der Waals surface area contributed by atoms with E-state index in [0.717, 1.165) is 12.8 Å². The fourth-order valence-electron chi connectivity index (χ4n) is 2.24. The first-order valence-corrected chi connectivity index (χ1v) is 9.27. The van der Waals surface area contributed by atoms with Crippen molar-refractivity contribution in [1.82, 2.24) is 9.88 Å². The summed E-state index contributed by atoms with van der Waals surface area (Å²) in [5.41, 5.74) is 0.480. The average molecular weight is 366 g/mol. The number of ether oxygens (including phenoxy) is 2. The highest BCUT2D eigenvalue weighted by molar-refractivity contribution is 7.89. The highest BCUT2D eigenvalue weighted by atomic mass is 32.2. The number of hydrogen-bond donors (Lipinski definition) is 1. The van der Waals surface area contributed by atoms with E-state index in [4.69, 9.17) is 14.0 Å². The summed E-state index contributed by atoms with van der Waals surface area (Å²) in [5.74, 6) is -0.120. The molecule has 0 aliphatic heterocycles. The van der Waals surface area contributed by atoms with E-state index in [1.807, 2.05) is 0 Å². The molecule has 2 aromatic rings. The van der Waals surface area contributed by atoms with Crippen molar-refractivity contribution in [2.75, 3.05) is 13.7 Å². The number of nitrogens with one attached hydrogen (secondary N) is 1. The van der Waals surface area contributed by atoms with Crippen LogP contribution in [0.4, 0.5) is 0 Å². The first kappa shape index (κ1) is 17.4. The predicted molar refractivity (Wildman–Crippen MR) is 87.8 cm³/mol. The number of nitrogens with zero attached hydrogens (tertiary/aromatic N) is 1. The summed E-state index contributed by atoms with van der Waals surface area (Å²) in [7, 11) is -2.32. The van der Waals surface area contributed by atoms with Crippen LogP contribution in [0.5, 0.6) is 5.75 Å². The Morgan fingerprint density at radius 2 is 2.12 bits per heavy atom. The molecule has 1 aliphatic rings. The summed E-state index contributed by atoms with van der Waals surface area (Å²) in [4.78, 5) is 11.7. The third-order valence-corrected chi connectivity index (χ3v) is 5.17. The maximum absolute atomic E-state index is 12.5. The van der Waals surface area contributed by atoms with Crippen LogP contribution in [0.2, 0.25) is 0 Å². The van der Waals surface area contributed by atoms with Crippen LogP contribution >= 0.6 is 0 Å². The summed E-state index contributed by atoms with van der Waals surface area (Å²) in [6, 6.07) is 5.97. The molecule has 134 valence electrons. The number of carbonyl (C=O) groups excluding carboxylic acids is 1. The van der Waals surface area contributed by atoms with Crippen LogP contribution in [0.3, 0.4) is 0 Å². The smallest absolute Gasteiger partial charge is 0.360 e. The van der Waals surface area contributed by atoms with Crippen LogP contribution in [-0.4, -0.2) is 39.3 Å². The Bertz CT molecular complexity index is 886. The molecule has 8 nitrogen and oxygen atoms in total. The van der Waals surface area contributed by atoms with Gasteiger partial charge in [0.25, 0.3) is 0 Å². The van der Waals surface area contributed by atoms with Gasteiger partial charge in [0, 0.05) is 17.7 Å². The number of esters is 1. The quantitative estimate of drug-likeness (QED) is 0.746. The van der Waals surface area contributed by atoms with Crippen molar-refractivity contribution in [1.29, 1.82) is 0 Å². The largest absolute Gasteiger partial charge is 0.495 e. The number of methoxy groups -OCH3 is 1. The van der Waals surface area contributed by atoms with Crippen molar-refractivity contribution >= 4 is 16.0 Å². The molecule has 9 heteroatoms. The van der Waals surface area contributed by atoms with Crippen LogP contribution in [0.25, 0.3) is 11.3 Å². The minimum Gasteiger partial charge on any atom is -0.495 e. The van der Waals surface area contributed by atoms with Crippen LogP contribution in [-0.2, 0) is 14.8 Å². The SMILES string of the molecule is CCOC(=O)c1cc(-c2ccc(OC)c(S(=O)(=O)NC3CC3)c2)on1. The van der Waals surface area contributed by atoms with Crippen molar-refractivity contribution in [3.05, 3.63) is 30.0 Å². The standard InChI is InChI=1S/C16H18N2O6S/c1-3-23-16(19)12-9-14(24-17-12)10-4-7-13(22-2)15(8-10)25(20,21)18-11-5-6-11/h4,7-9,11,18H,3,5-6H2,1-2H3. The van der Waals surface area contributed by atoms with Crippen LogP contribution in [0, 0.1) is 0 Å². The number of rotatable bonds is 7. The Kier molecular flexibility index (Phi) is 4.78. The highest BCUT2D eigenvalue weighted by Gasteiger charge is 2.30. The van der Waals surface area contributed by atoms with Gasteiger partial charge in [0.2, 0.25) is 10.0 Å². The van der Waals surface area contributed by atoms with Crippen LogP contribution in [0.15, 0.2) is 33.7 Å². The van der Waals surface area contributed by atoms with Gasteiger partial charge in [-0.25, -0.2) is 17.9 Å². The van der Waals surface area contributed by atoms with E-state index < -0.39 is 16.0 Å². The molecule has 0 saturated heterocycles. The van der Waals surface area contributed by atoms with E-state index in [2.05, 4.69) is 9.88 Å². The molecule has 1 aliphatic carbocycles. The number of hydrogen-bond acceptors (Lipinski definition) is 7. The average Bonchev–Trinajstić information content (AvgIpc) is 3.25. The number of sulfonamides is 1. The van der Waals surface area contributed by atoms with E-state index in [1.54, 1.807) is 13.0 Å². The first-order chi connectivity index (χ1) is 11.9. The van der Waals surface area contributed by atoms with E-state index >= 15 is 0 Å². The zero-order valence-corrected chi connectivity index (χ0v) is 14.6. The van der Waals surface area contributed by atoms with Crippen LogP contribution in [0.1, 0.15) is 30.3 Å². The molecule has 0 amide bonds. The minimum atomic E-state index is -3.72. The molecule has 1 aromatic carbocycles. The van der Waals surface area contributed by atoms with Gasteiger partial charge in [-0.2, -0.15) is 0 Å². The molecule has 1 aromatic heterocycles. The summed E-state index contributed by atoms with van der Waals surface area (Å²) < 4.78 is 42.8. The number of benzene rings is 1. The van der Waals surface area contributed by atoms with Gasteiger partial charge in [0.05, 0.1) is 13.7 Å². The molecular formula is C16H18N2O6S. The Labute approximate surface area is 145 Å². The molecule has 3 rings (SSSR count). The van der Waals surface area contributed by atoms with Gasteiger partial charge in [-0.1, -0.05) is 5.16 Å². The first-order valence-electron chi connectivity index (χ1n) is 7.79. The highest BCUT2D eigenvalue weighted by Crippen LogP contribution is 2.32. The van der Waals surface area contributed by atoms with Gasteiger partial charge in [-0.05, 0) is 38.0 Å². The zero-order chi connectivity index (χ0) is 18.0. The van der Waals surface area contributed by atoms with Crippen molar-refractivity contribution in [3.63, 3.8) is 0 Å². The molecule has 0 bridgehead atoms. The van der Waals surface area contributed by atoms with Gasteiger partial charge in [0.15, 0.2) is 11.5 Å². The summed E-state index contributed by atoms with van der Waals surface area (Å²) in [5, 5.41) is 3.66. The number of aromatic nitrogens is 1. The second-order valence-electron chi connectivity index (χ2n) is 5.56. The summed E-state index contributed by atoms with van der Waals surface area (Å²) in [6.07, 6.45) is 1.65. The van der Waals surface area contributed by atoms with Crippen molar-refractivity contribution in [3.8, 4) is 17.1 Å². The zero-order valence-electron chi connectivity index (χ0n) is 13.8. The van der Waals surface area contributed by atoms with Crippen molar-refractivity contribution in [2.24, 2.45) is 0 Å². The van der Waals surface area contributed by atoms with E-state index in [0.29, 0.717) is 5.56 Å². The normalized spacial score (nSPS) is 14.3. The Balaban J connectivity index is 1.95. The maximum Gasteiger partial charge on any atom is 0.360 e. The van der Waals surface area contributed by atoms with Crippen molar-refractivity contribution < 1.29 is 27.2 Å². The third-order valence-electron chi connectivity index (χ3n) is 3.63. The topological polar surface area (TPSA) is 108 Å². The molecule has 1 N–H and O–H groups in total. The van der Waals surface area contributed by atoms with E-state index in [1.165, 1.54) is 25.3 Å². The Morgan fingerprint density at radius 3 is 2.76 bits per heavy atom. The minimum absolute atomic E-state index is 0.00786. The molecule has 1 heterocycles. The van der Waals surface area contributed by atoms with E-state index in [-0.39, 0.29) is 34.7 Å². The lowest BCUT2D eigenvalue weighted by Gasteiger charge is -2.11. The molecule has 1 saturated carbocycles. The van der Waals surface area contributed by atoms with Crippen molar-refractivity contribution in [2.45, 2.75) is 30.7 Å². The van der Waals surface area contributed by atoms with Crippen LogP contribution < -0.4 is 9.46 Å². The second-order valence-corrected chi connectivity index (χ2v) is 7.24. The second kappa shape index (κ2) is 6.85. The summed E-state index contributed by atoms with van der Waals surface area (Å²) >= 11 is 0.